The standard InChI is InChI=1S/C21H21NO6/c1-22-6-5-11-7-15-16(26-9-25-15)8-13(11)19-18(22)12-3-4-14-20(27-10-24-14)17(12)21(23-2)28-19/h3-4,7-8,18-19,21H,5-6,9-10H2,1-2H3/t18-,19-,21-/m1/s1. The summed E-state index contributed by atoms with van der Waals surface area (Å²) < 4.78 is 34.8. The second-order valence-electron chi connectivity index (χ2n) is 7.51. The van der Waals surface area contributed by atoms with Crippen LogP contribution in [0.5, 0.6) is 23.0 Å². The fourth-order valence-electron chi connectivity index (χ4n) is 4.75. The average molecular weight is 383 g/mol. The second-order valence-corrected chi connectivity index (χ2v) is 7.51. The van der Waals surface area contributed by atoms with Crippen LogP contribution in [-0.4, -0.2) is 39.2 Å². The molecule has 0 radical (unpaired) electrons. The van der Waals surface area contributed by atoms with Crippen molar-refractivity contribution in [3.63, 3.8) is 0 Å². The van der Waals surface area contributed by atoms with E-state index in [1.165, 1.54) is 5.56 Å². The van der Waals surface area contributed by atoms with E-state index in [1.54, 1.807) is 7.11 Å². The van der Waals surface area contributed by atoms with Crippen LogP contribution in [0.25, 0.3) is 0 Å². The van der Waals surface area contributed by atoms with E-state index >= 15 is 0 Å². The summed E-state index contributed by atoms with van der Waals surface area (Å²) in [6.07, 6.45) is 0.198. The summed E-state index contributed by atoms with van der Waals surface area (Å²) in [6, 6.07) is 8.30. The lowest BCUT2D eigenvalue weighted by atomic mass is 9.87. The number of fused-ring (bicyclic) bond motifs is 8. The molecule has 0 bridgehead atoms. The summed E-state index contributed by atoms with van der Waals surface area (Å²) in [4.78, 5) is 2.34. The van der Waals surface area contributed by atoms with Crippen molar-refractivity contribution >= 4 is 0 Å². The smallest absolute Gasteiger partial charge is 0.231 e. The molecule has 3 atom stereocenters. The first-order valence-corrected chi connectivity index (χ1v) is 9.48. The number of hydrogen-bond donors (Lipinski definition) is 0. The molecular weight excluding hydrogens is 362 g/mol. The molecule has 2 aromatic rings. The lowest BCUT2D eigenvalue weighted by Crippen LogP contribution is -2.35. The van der Waals surface area contributed by atoms with Gasteiger partial charge in [-0.15, -0.1) is 0 Å². The van der Waals surface area contributed by atoms with Gasteiger partial charge < -0.3 is 28.4 Å². The van der Waals surface area contributed by atoms with Gasteiger partial charge in [0, 0.05) is 13.7 Å². The van der Waals surface area contributed by atoms with Gasteiger partial charge in [0.2, 0.25) is 13.6 Å². The van der Waals surface area contributed by atoms with E-state index in [9.17, 15) is 0 Å². The number of methoxy groups -OCH3 is 1. The van der Waals surface area contributed by atoms with Gasteiger partial charge in [-0.3, -0.25) is 4.90 Å². The molecule has 146 valence electrons. The van der Waals surface area contributed by atoms with Crippen molar-refractivity contribution in [2.75, 3.05) is 34.3 Å². The zero-order chi connectivity index (χ0) is 18.8. The molecule has 0 fully saturated rings. The number of rotatable bonds is 1. The van der Waals surface area contributed by atoms with E-state index in [4.69, 9.17) is 28.4 Å². The van der Waals surface area contributed by atoms with Crippen molar-refractivity contribution in [3.8, 4) is 23.0 Å². The molecule has 28 heavy (non-hydrogen) atoms. The Hall–Kier alpha value is -2.48. The van der Waals surface area contributed by atoms with Crippen molar-refractivity contribution in [2.24, 2.45) is 0 Å². The van der Waals surface area contributed by atoms with Crippen LogP contribution < -0.4 is 18.9 Å². The van der Waals surface area contributed by atoms with Gasteiger partial charge >= 0.3 is 0 Å². The fraction of sp³-hybridized carbons (Fsp3) is 0.429. The Bertz CT molecular complexity index is 960. The minimum Gasteiger partial charge on any atom is -0.454 e. The summed E-state index contributed by atoms with van der Waals surface area (Å²) in [7, 11) is 3.79. The molecule has 0 saturated carbocycles. The molecule has 4 aliphatic rings. The summed E-state index contributed by atoms with van der Waals surface area (Å²) in [5.41, 5.74) is 4.43. The highest BCUT2D eigenvalue weighted by atomic mass is 16.7. The van der Waals surface area contributed by atoms with Crippen molar-refractivity contribution in [3.05, 3.63) is 46.5 Å². The van der Waals surface area contributed by atoms with Gasteiger partial charge in [0.05, 0.1) is 11.6 Å². The Morgan fingerprint density at radius 2 is 1.75 bits per heavy atom. The van der Waals surface area contributed by atoms with Crippen LogP contribution in [0.3, 0.4) is 0 Å². The lowest BCUT2D eigenvalue weighted by molar-refractivity contribution is -0.190. The first-order chi connectivity index (χ1) is 13.7. The molecule has 2 aromatic carbocycles. The molecule has 4 aliphatic heterocycles. The van der Waals surface area contributed by atoms with E-state index in [0.29, 0.717) is 0 Å². The summed E-state index contributed by atoms with van der Waals surface area (Å²) >= 11 is 0. The van der Waals surface area contributed by atoms with Crippen LogP contribution in [0.15, 0.2) is 24.3 Å². The summed E-state index contributed by atoms with van der Waals surface area (Å²) in [5, 5.41) is 0. The summed E-state index contributed by atoms with van der Waals surface area (Å²) in [5.74, 6) is 3.05. The van der Waals surface area contributed by atoms with Gasteiger partial charge in [-0.05, 0) is 48.4 Å². The van der Waals surface area contributed by atoms with Crippen LogP contribution in [0.2, 0.25) is 0 Å². The molecular formula is C21H21NO6. The monoisotopic (exact) mass is 383 g/mol. The maximum Gasteiger partial charge on any atom is 0.231 e. The van der Waals surface area contributed by atoms with E-state index in [-0.39, 0.29) is 25.7 Å². The predicted molar refractivity (Wildman–Crippen MR) is 97.8 cm³/mol. The van der Waals surface area contributed by atoms with Crippen LogP contribution >= 0.6 is 0 Å². The van der Waals surface area contributed by atoms with Gasteiger partial charge in [-0.1, -0.05) is 6.07 Å². The zero-order valence-electron chi connectivity index (χ0n) is 15.8. The highest BCUT2D eigenvalue weighted by molar-refractivity contribution is 5.56. The fourth-order valence-corrected chi connectivity index (χ4v) is 4.75. The van der Waals surface area contributed by atoms with Crippen LogP contribution in [-0.2, 0) is 15.9 Å². The van der Waals surface area contributed by atoms with E-state index in [1.807, 2.05) is 6.07 Å². The molecule has 0 saturated heterocycles. The van der Waals surface area contributed by atoms with Gasteiger partial charge in [-0.2, -0.15) is 0 Å². The quantitative estimate of drug-likeness (QED) is 0.750. The molecule has 0 aliphatic carbocycles. The van der Waals surface area contributed by atoms with Gasteiger partial charge in [0.15, 0.2) is 29.3 Å². The number of likely N-dealkylation sites (N-methyl/N-ethyl adjacent to an activating group) is 1. The Morgan fingerprint density at radius 1 is 0.964 bits per heavy atom. The van der Waals surface area contributed by atoms with Gasteiger partial charge in [0.25, 0.3) is 0 Å². The minimum absolute atomic E-state index is 0.0394. The molecule has 0 spiro atoms. The minimum atomic E-state index is -0.530. The molecule has 4 heterocycles. The Kier molecular flexibility index (Phi) is 3.53. The van der Waals surface area contributed by atoms with Crippen molar-refractivity contribution < 1.29 is 28.4 Å². The Labute approximate surface area is 162 Å². The lowest BCUT2D eigenvalue weighted by Gasteiger charge is -2.41. The highest BCUT2D eigenvalue weighted by Gasteiger charge is 2.44. The topological polar surface area (TPSA) is 58.6 Å². The number of benzene rings is 2. The first-order valence-electron chi connectivity index (χ1n) is 9.48. The zero-order valence-corrected chi connectivity index (χ0v) is 15.8. The Balaban J connectivity index is 1.54. The third-order valence-electron chi connectivity index (χ3n) is 6.09. The van der Waals surface area contributed by atoms with Gasteiger partial charge in [0.1, 0.15) is 6.10 Å². The van der Waals surface area contributed by atoms with Crippen LogP contribution in [0.4, 0.5) is 0 Å². The predicted octanol–water partition coefficient (Wildman–Crippen LogP) is 3.09. The third kappa shape index (κ3) is 2.21. The molecule has 0 amide bonds. The maximum absolute atomic E-state index is 6.53. The largest absolute Gasteiger partial charge is 0.454 e. The van der Waals surface area contributed by atoms with Crippen LogP contribution in [0.1, 0.15) is 40.7 Å². The normalized spacial score (nSPS) is 27.0. The highest BCUT2D eigenvalue weighted by Crippen LogP contribution is 2.55. The summed E-state index contributed by atoms with van der Waals surface area (Å²) in [6.45, 7) is 1.39. The van der Waals surface area contributed by atoms with Gasteiger partial charge in [-0.25, -0.2) is 0 Å². The first kappa shape index (κ1) is 16.5. The molecule has 6 rings (SSSR count). The Morgan fingerprint density at radius 3 is 2.61 bits per heavy atom. The van der Waals surface area contributed by atoms with Crippen molar-refractivity contribution in [1.29, 1.82) is 0 Å². The number of ether oxygens (including phenoxy) is 6. The maximum atomic E-state index is 6.53. The van der Waals surface area contributed by atoms with Crippen molar-refractivity contribution in [2.45, 2.75) is 24.9 Å². The number of hydrogen-bond acceptors (Lipinski definition) is 7. The second kappa shape index (κ2) is 6.01. The van der Waals surface area contributed by atoms with E-state index in [2.05, 4.69) is 30.1 Å². The molecule has 0 N–H and O–H groups in total. The third-order valence-corrected chi connectivity index (χ3v) is 6.09. The number of nitrogens with zero attached hydrogens (tertiary/aromatic N) is 1. The van der Waals surface area contributed by atoms with Crippen molar-refractivity contribution in [1.82, 2.24) is 4.90 Å². The van der Waals surface area contributed by atoms with E-state index < -0.39 is 6.29 Å². The van der Waals surface area contributed by atoms with Crippen LogP contribution in [0, 0.1) is 0 Å². The molecule has 7 nitrogen and oxygen atoms in total. The molecule has 0 unspecified atom stereocenters. The average Bonchev–Trinajstić information content (AvgIpc) is 3.35. The molecule has 0 aromatic heterocycles. The molecule has 7 heteroatoms. The SMILES string of the molecule is CO[C@@H]1O[C@@H]2c3cc4c(cc3CCN(C)[C@@H]2c2ccc3c(c21)OCO3)OCO4. The van der Waals surface area contributed by atoms with E-state index in [0.717, 1.165) is 52.7 Å².